The number of hydrogen-bond acceptors (Lipinski definition) is 2. The van der Waals surface area contributed by atoms with E-state index in [4.69, 9.17) is 11.6 Å². The third-order valence-corrected chi connectivity index (χ3v) is 3.84. The summed E-state index contributed by atoms with van der Waals surface area (Å²) < 4.78 is 0.795. The van der Waals surface area contributed by atoms with E-state index in [1.165, 1.54) is 0 Å². The summed E-state index contributed by atoms with van der Waals surface area (Å²) in [4.78, 5) is 13.8. The maximum absolute atomic E-state index is 11.8. The molecule has 0 spiro atoms. The zero-order valence-corrected chi connectivity index (χ0v) is 12.2. The van der Waals surface area contributed by atoms with E-state index in [1.54, 1.807) is 18.2 Å². The molecule has 1 aromatic rings. The summed E-state index contributed by atoms with van der Waals surface area (Å²) in [7, 11) is 3.94. The van der Waals surface area contributed by atoms with Crippen molar-refractivity contribution < 1.29 is 4.79 Å². The van der Waals surface area contributed by atoms with E-state index in [2.05, 4.69) is 27.9 Å². The van der Waals surface area contributed by atoms with E-state index in [-0.39, 0.29) is 5.91 Å². The summed E-state index contributed by atoms with van der Waals surface area (Å²) in [6.45, 7) is 1.46. The zero-order chi connectivity index (χ0) is 12.1. The van der Waals surface area contributed by atoms with Gasteiger partial charge in [0.1, 0.15) is 0 Å². The standard InChI is InChI=1S/C11H14ClIN2O/c1-15(2)7-6-14-11(16)8-4-3-5-9(12)10(8)13/h3-5H,6-7H2,1-2H3,(H,14,16). The molecule has 1 amide bonds. The lowest BCUT2D eigenvalue weighted by Crippen LogP contribution is -2.31. The fraction of sp³-hybridized carbons (Fsp3) is 0.364. The SMILES string of the molecule is CN(C)CCNC(=O)c1cccc(Cl)c1I. The van der Waals surface area contributed by atoms with Gasteiger partial charge in [0, 0.05) is 16.7 Å². The fourth-order valence-electron chi connectivity index (χ4n) is 1.17. The Bertz CT molecular complexity index is 382. The van der Waals surface area contributed by atoms with Gasteiger partial charge in [-0.2, -0.15) is 0 Å². The van der Waals surface area contributed by atoms with E-state index in [0.717, 1.165) is 10.1 Å². The summed E-state index contributed by atoms with van der Waals surface area (Å²) in [6, 6.07) is 5.34. The van der Waals surface area contributed by atoms with E-state index in [9.17, 15) is 4.79 Å². The van der Waals surface area contributed by atoms with Crippen molar-refractivity contribution in [3.63, 3.8) is 0 Å². The topological polar surface area (TPSA) is 32.3 Å². The molecule has 0 aliphatic heterocycles. The molecule has 0 aliphatic rings. The van der Waals surface area contributed by atoms with Crippen LogP contribution in [0.2, 0.25) is 5.02 Å². The van der Waals surface area contributed by atoms with Crippen molar-refractivity contribution in [2.75, 3.05) is 27.2 Å². The van der Waals surface area contributed by atoms with Crippen LogP contribution in [-0.2, 0) is 0 Å². The highest BCUT2D eigenvalue weighted by atomic mass is 127. The van der Waals surface area contributed by atoms with Crippen LogP contribution in [0.5, 0.6) is 0 Å². The van der Waals surface area contributed by atoms with Gasteiger partial charge in [-0.25, -0.2) is 0 Å². The van der Waals surface area contributed by atoms with Gasteiger partial charge in [-0.15, -0.1) is 0 Å². The highest BCUT2D eigenvalue weighted by molar-refractivity contribution is 14.1. The summed E-state index contributed by atoms with van der Waals surface area (Å²) in [6.07, 6.45) is 0. The van der Waals surface area contributed by atoms with Crippen LogP contribution in [0.15, 0.2) is 18.2 Å². The maximum Gasteiger partial charge on any atom is 0.252 e. The predicted molar refractivity (Wildman–Crippen MR) is 75.1 cm³/mol. The number of carbonyl (C=O) groups is 1. The third kappa shape index (κ3) is 3.92. The van der Waals surface area contributed by atoms with E-state index in [0.29, 0.717) is 17.1 Å². The van der Waals surface area contributed by atoms with E-state index >= 15 is 0 Å². The molecule has 5 heteroatoms. The van der Waals surface area contributed by atoms with E-state index < -0.39 is 0 Å². The number of nitrogens with one attached hydrogen (secondary N) is 1. The Balaban J connectivity index is 2.63. The summed E-state index contributed by atoms with van der Waals surface area (Å²) in [5.74, 6) is -0.0752. The van der Waals surface area contributed by atoms with Gasteiger partial charge in [0.25, 0.3) is 5.91 Å². The first kappa shape index (κ1) is 13.7. The summed E-state index contributed by atoms with van der Waals surface area (Å²) >= 11 is 8.03. The van der Waals surface area contributed by atoms with Gasteiger partial charge in [-0.1, -0.05) is 17.7 Å². The first-order valence-corrected chi connectivity index (χ1v) is 6.35. The van der Waals surface area contributed by atoms with Gasteiger partial charge in [0.05, 0.1) is 10.6 Å². The molecule has 0 heterocycles. The Morgan fingerprint density at radius 3 is 2.81 bits per heavy atom. The quantitative estimate of drug-likeness (QED) is 0.843. The summed E-state index contributed by atoms with van der Waals surface area (Å²) in [5.41, 5.74) is 0.631. The van der Waals surface area contributed by atoms with Crippen molar-refractivity contribution in [3.8, 4) is 0 Å². The first-order chi connectivity index (χ1) is 7.52. The van der Waals surface area contributed by atoms with Gasteiger partial charge < -0.3 is 10.2 Å². The molecular weight excluding hydrogens is 338 g/mol. The molecule has 16 heavy (non-hydrogen) atoms. The van der Waals surface area contributed by atoms with Crippen LogP contribution in [0.25, 0.3) is 0 Å². The predicted octanol–water partition coefficient (Wildman–Crippen LogP) is 2.24. The Labute approximate surface area is 114 Å². The minimum Gasteiger partial charge on any atom is -0.351 e. The molecule has 0 aromatic heterocycles. The lowest BCUT2D eigenvalue weighted by molar-refractivity contribution is 0.0950. The van der Waals surface area contributed by atoms with Crippen LogP contribution < -0.4 is 5.32 Å². The van der Waals surface area contributed by atoms with Crippen LogP contribution in [0.3, 0.4) is 0 Å². The molecule has 3 nitrogen and oxygen atoms in total. The van der Waals surface area contributed by atoms with Crippen molar-refractivity contribution in [3.05, 3.63) is 32.4 Å². The van der Waals surface area contributed by atoms with Crippen molar-refractivity contribution in [1.29, 1.82) is 0 Å². The monoisotopic (exact) mass is 352 g/mol. The molecule has 0 radical (unpaired) electrons. The van der Waals surface area contributed by atoms with Gasteiger partial charge in [0.15, 0.2) is 0 Å². The molecule has 0 saturated carbocycles. The molecule has 0 unspecified atom stereocenters. The van der Waals surface area contributed by atoms with Gasteiger partial charge in [-0.05, 0) is 48.8 Å². The zero-order valence-electron chi connectivity index (χ0n) is 9.26. The van der Waals surface area contributed by atoms with Crippen LogP contribution in [-0.4, -0.2) is 38.0 Å². The molecule has 0 saturated heterocycles. The average molecular weight is 353 g/mol. The van der Waals surface area contributed by atoms with Crippen molar-refractivity contribution in [2.24, 2.45) is 0 Å². The van der Waals surface area contributed by atoms with Gasteiger partial charge in [0.2, 0.25) is 0 Å². The number of likely N-dealkylation sites (N-methyl/N-ethyl adjacent to an activating group) is 1. The highest BCUT2D eigenvalue weighted by Crippen LogP contribution is 2.21. The molecule has 1 rings (SSSR count). The maximum atomic E-state index is 11.8. The molecule has 88 valence electrons. The van der Waals surface area contributed by atoms with Crippen molar-refractivity contribution in [1.82, 2.24) is 10.2 Å². The smallest absolute Gasteiger partial charge is 0.252 e. The lowest BCUT2D eigenvalue weighted by Gasteiger charge is -2.11. The average Bonchev–Trinajstić information content (AvgIpc) is 2.21. The van der Waals surface area contributed by atoms with E-state index in [1.807, 2.05) is 19.0 Å². The second kappa shape index (κ2) is 6.42. The van der Waals surface area contributed by atoms with Gasteiger partial charge in [-0.3, -0.25) is 4.79 Å². The van der Waals surface area contributed by atoms with Crippen LogP contribution >= 0.6 is 34.2 Å². The highest BCUT2D eigenvalue weighted by Gasteiger charge is 2.11. The fourth-order valence-corrected chi connectivity index (χ4v) is 1.95. The minimum absolute atomic E-state index is 0.0752. The number of benzene rings is 1. The summed E-state index contributed by atoms with van der Waals surface area (Å²) in [5, 5.41) is 3.47. The number of halogens is 2. The Morgan fingerprint density at radius 2 is 2.19 bits per heavy atom. The van der Waals surface area contributed by atoms with Crippen molar-refractivity contribution >= 4 is 40.1 Å². The molecular formula is C11H14ClIN2O. The second-order valence-corrected chi connectivity index (χ2v) is 5.15. The Kier molecular flexibility index (Phi) is 5.51. The number of carbonyl (C=O) groups excluding carboxylic acids is 1. The molecule has 0 fully saturated rings. The lowest BCUT2D eigenvalue weighted by atomic mass is 10.2. The first-order valence-electron chi connectivity index (χ1n) is 4.89. The molecule has 0 atom stereocenters. The molecule has 0 aliphatic carbocycles. The molecule has 1 N–H and O–H groups in total. The van der Waals surface area contributed by atoms with Gasteiger partial charge >= 0.3 is 0 Å². The number of nitrogens with zero attached hydrogens (tertiary/aromatic N) is 1. The minimum atomic E-state index is -0.0752. The van der Waals surface area contributed by atoms with Crippen LogP contribution in [0.4, 0.5) is 0 Å². The second-order valence-electron chi connectivity index (χ2n) is 3.66. The van der Waals surface area contributed by atoms with Crippen molar-refractivity contribution in [2.45, 2.75) is 0 Å². The number of hydrogen-bond donors (Lipinski definition) is 1. The Morgan fingerprint density at radius 1 is 1.50 bits per heavy atom. The molecule has 0 bridgehead atoms. The van der Waals surface area contributed by atoms with Crippen LogP contribution in [0.1, 0.15) is 10.4 Å². The normalized spacial score (nSPS) is 10.6. The Hall–Kier alpha value is -0.330. The third-order valence-electron chi connectivity index (χ3n) is 2.04. The number of rotatable bonds is 4. The van der Waals surface area contributed by atoms with Crippen LogP contribution in [0, 0.1) is 3.57 Å². The largest absolute Gasteiger partial charge is 0.351 e. The number of amides is 1. The molecule has 1 aromatic carbocycles.